The molecule has 2 amide bonds. The van der Waals surface area contributed by atoms with Crippen molar-refractivity contribution in [1.82, 2.24) is 29.3 Å². The standard InChI is InChI=1S/C25H24F3N7O4/c1-3-34-22(24(37)33-8-10-39-11-9-33)19(14-29-34)31-23(36)18-13-21-30-17(15-4-6-16(38-2)7-5-15)12-20(25(26,27)28)35(21)32-18/h4-7,12-14H,3,8-11H2,1-2H3,(H,31,36). The van der Waals surface area contributed by atoms with Gasteiger partial charge in [0.05, 0.1) is 37.9 Å². The van der Waals surface area contributed by atoms with Crippen LogP contribution in [0.25, 0.3) is 16.9 Å². The molecule has 0 unspecified atom stereocenters. The van der Waals surface area contributed by atoms with Gasteiger partial charge in [-0.3, -0.25) is 14.3 Å². The lowest BCUT2D eigenvalue weighted by Crippen LogP contribution is -2.41. The molecule has 1 aliphatic rings. The van der Waals surface area contributed by atoms with Crippen molar-refractivity contribution in [3.05, 3.63) is 59.7 Å². The van der Waals surface area contributed by atoms with Crippen LogP contribution in [0.5, 0.6) is 5.75 Å². The van der Waals surface area contributed by atoms with Gasteiger partial charge in [-0.2, -0.15) is 23.4 Å². The van der Waals surface area contributed by atoms with Crippen LogP contribution in [0.1, 0.15) is 33.6 Å². The molecule has 1 fully saturated rings. The molecule has 5 rings (SSSR count). The molecule has 14 heteroatoms. The Hall–Kier alpha value is -4.46. The van der Waals surface area contributed by atoms with Crippen molar-refractivity contribution in [1.29, 1.82) is 0 Å². The molecule has 4 heterocycles. The third kappa shape index (κ3) is 5.14. The van der Waals surface area contributed by atoms with Crippen LogP contribution in [0.3, 0.4) is 0 Å². The second-order valence-electron chi connectivity index (χ2n) is 8.63. The first-order valence-electron chi connectivity index (χ1n) is 12.1. The number of rotatable bonds is 6. The van der Waals surface area contributed by atoms with Crippen LogP contribution < -0.4 is 10.1 Å². The summed E-state index contributed by atoms with van der Waals surface area (Å²) in [6.07, 6.45) is -3.45. The summed E-state index contributed by atoms with van der Waals surface area (Å²) in [5, 5.41) is 10.6. The first kappa shape index (κ1) is 26.2. The molecule has 0 atom stereocenters. The number of hydrogen-bond acceptors (Lipinski definition) is 7. The fourth-order valence-corrected chi connectivity index (χ4v) is 4.24. The zero-order chi connectivity index (χ0) is 27.7. The maximum atomic E-state index is 14.0. The Labute approximate surface area is 220 Å². The predicted molar refractivity (Wildman–Crippen MR) is 133 cm³/mol. The number of fused-ring (bicyclic) bond motifs is 1. The van der Waals surface area contributed by atoms with Gasteiger partial charge in [0.15, 0.2) is 17.0 Å². The fourth-order valence-electron chi connectivity index (χ4n) is 4.24. The highest BCUT2D eigenvalue weighted by molar-refractivity contribution is 6.07. The fraction of sp³-hybridized carbons (Fsp3) is 0.320. The average molecular weight is 544 g/mol. The second-order valence-corrected chi connectivity index (χ2v) is 8.63. The van der Waals surface area contributed by atoms with E-state index in [4.69, 9.17) is 9.47 Å². The van der Waals surface area contributed by atoms with Gasteiger partial charge in [0.2, 0.25) is 0 Å². The van der Waals surface area contributed by atoms with E-state index in [9.17, 15) is 22.8 Å². The van der Waals surface area contributed by atoms with Crippen LogP contribution >= 0.6 is 0 Å². The molecule has 0 saturated carbocycles. The molecule has 1 saturated heterocycles. The van der Waals surface area contributed by atoms with Crippen molar-refractivity contribution < 1.29 is 32.2 Å². The van der Waals surface area contributed by atoms with Crippen molar-refractivity contribution in [3.63, 3.8) is 0 Å². The van der Waals surface area contributed by atoms with Gasteiger partial charge >= 0.3 is 6.18 Å². The number of aromatic nitrogens is 5. The molecule has 4 aromatic rings. The van der Waals surface area contributed by atoms with Gasteiger partial charge in [-0.05, 0) is 37.3 Å². The summed E-state index contributed by atoms with van der Waals surface area (Å²) in [4.78, 5) is 32.2. The van der Waals surface area contributed by atoms with E-state index in [0.29, 0.717) is 48.7 Å². The van der Waals surface area contributed by atoms with E-state index in [1.54, 1.807) is 36.1 Å². The highest BCUT2D eigenvalue weighted by Gasteiger charge is 2.36. The summed E-state index contributed by atoms with van der Waals surface area (Å²) in [6.45, 7) is 3.71. The van der Waals surface area contributed by atoms with Gasteiger partial charge in [0, 0.05) is 31.3 Å². The normalized spacial score (nSPS) is 14.0. The van der Waals surface area contributed by atoms with E-state index in [1.807, 2.05) is 0 Å². The number of nitrogens with one attached hydrogen (secondary N) is 1. The van der Waals surface area contributed by atoms with Gasteiger partial charge in [-0.15, -0.1) is 0 Å². The number of halogens is 3. The van der Waals surface area contributed by atoms with Crippen LogP contribution in [0.4, 0.5) is 18.9 Å². The van der Waals surface area contributed by atoms with Crippen molar-refractivity contribution >= 4 is 23.1 Å². The third-order valence-electron chi connectivity index (χ3n) is 6.22. The monoisotopic (exact) mass is 543 g/mol. The van der Waals surface area contributed by atoms with Crippen molar-refractivity contribution in [2.45, 2.75) is 19.6 Å². The number of hydrogen-bond donors (Lipinski definition) is 1. The first-order valence-corrected chi connectivity index (χ1v) is 12.1. The number of amides is 2. The Morgan fingerprint density at radius 3 is 2.49 bits per heavy atom. The maximum Gasteiger partial charge on any atom is 0.433 e. The van der Waals surface area contributed by atoms with E-state index in [2.05, 4.69) is 20.5 Å². The van der Waals surface area contributed by atoms with E-state index >= 15 is 0 Å². The molecule has 204 valence electrons. The van der Waals surface area contributed by atoms with Crippen molar-refractivity contribution in [3.8, 4) is 17.0 Å². The molecule has 0 radical (unpaired) electrons. The van der Waals surface area contributed by atoms with Crippen LogP contribution in [-0.4, -0.2) is 74.5 Å². The molecule has 1 N–H and O–H groups in total. The van der Waals surface area contributed by atoms with E-state index in [1.165, 1.54) is 18.0 Å². The second kappa shape index (κ2) is 10.4. The SMILES string of the molecule is CCn1ncc(NC(=O)c2cc3nc(-c4ccc(OC)cc4)cc(C(F)(F)F)n3n2)c1C(=O)N1CCOCC1. The molecule has 39 heavy (non-hydrogen) atoms. The Morgan fingerprint density at radius 2 is 1.85 bits per heavy atom. The van der Waals surface area contributed by atoms with Gasteiger partial charge < -0.3 is 19.7 Å². The Bertz CT molecular complexity index is 1520. The number of benzene rings is 1. The molecule has 1 aromatic carbocycles. The number of morpholine rings is 1. The maximum absolute atomic E-state index is 14.0. The molecular formula is C25H24F3N7O4. The highest BCUT2D eigenvalue weighted by Crippen LogP contribution is 2.33. The molecule has 1 aliphatic heterocycles. The summed E-state index contributed by atoms with van der Waals surface area (Å²) in [6, 6.07) is 8.41. The quantitative estimate of drug-likeness (QED) is 0.397. The van der Waals surface area contributed by atoms with E-state index < -0.39 is 17.8 Å². The van der Waals surface area contributed by atoms with Gasteiger partial charge in [0.1, 0.15) is 11.4 Å². The lowest BCUT2D eigenvalue weighted by Gasteiger charge is -2.27. The Balaban J connectivity index is 1.49. The Kier molecular flexibility index (Phi) is 6.95. The number of anilines is 1. The van der Waals surface area contributed by atoms with Gasteiger partial charge in [-0.1, -0.05) is 0 Å². The average Bonchev–Trinajstić information content (AvgIpc) is 3.56. The molecule has 3 aromatic heterocycles. The summed E-state index contributed by atoms with van der Waals surface area (Å²) in [5.41, 5.74) is -0.824. The van der Waals surface area contributed by atoms with Crippen LogP contribution in [0, 0.1) is 0 Å². The molecule has 0 spiro atoms. The third-order valence-corrected chi connectivity index (χ3v) is 6.22. The van der Waals surface area contributed by atoms with Crippen molar-refractivity contribution in [2.24, 2.45) is 0 Å². The summed E-state index contributed by atoms with van der Waals surface area (Å²) < 4.78 is 54.4. The zero-order valence-electron chi connectivity index (χ0n) is 21.0. The van der Waals surface area contributed by atoms with E-state index in [-0.39, 0.29) is 34.3 Å². The largest absolute Gasteiger partial charge is 0.497 e. The van der Waals surface area contributed by atoms with E-state index in [0.717, 1.165) is 12.1 Å². The summed E-state index contributed by atoms with van der Waals surface area (Å²) >= 11 is 0. The Morgan fingerprint density at radius 1 is 1.13 bits per heavy atom. The van der Waals surface area contributed by atoms with Crippen LogP contribution in [-0.2, 0) is 17.5 Å². The van der Waals surface area contributed by atoms with Crippen molar-refractivity contribution in [2.75, 3.05) is 38.7 Å². The molecule has 11 nitrogen and oxygen atoms in total. The lowest BCUT2D eigenvalue weighted by atomic mass is 10.1. The number of methoxy groups -OCH3 is 1. The minimum Gasteiger partial charge on any atom is -0.497 e. The highest BCUT2D eigenvalue weighted by atomic mass is 19.4. The minimum atomic E-state index is -4.78. The molecule has 0 bridgehead atoms. The number of carbonyl (C=O) groups is 2. The van der Waals surface area contributed by atoms with Gasteiger partial charge in [0.25, 0.3) is 11.8 Å². The summed E-state index contributed by atoms with van der Waals surface area (Å²) in [7, 11) is 1.48. The lowest BCUT2D eigenvalue weighted by molar-refractivity contribution is -0.142. The summed E-state index contributed by atoms with van der Waals surface area (Å²) in [5.74, 6) is -0.614. The molecule has 0 aliphatic carbocycles. The van der Waals surface area contributed by atoms with Crippen LogP contribution in [0.2, 0.25) is 0 Å². The van der Waals surface area contributed by atoms with Gasteiger partial charge in [-0.25, -0.2) is 9.50 Å². The zero-order valence-corrected chi connectivity index (χ0v) is 21.0. The first-order chi connectivity index (χ1) is 18.7. The number of ether oxygens (including phenoxy) is 2. The number of carbonyl (C=O) groups excluding carboxylic acids is 2. The predicted octanol–water partition coefficient (Wildman–Crippen LogP) is 3.36. The molecular weight excluding hydrogens is 519 g/mol. The van der Waals surface area contributed by atoms with Crippen LogP contribution in [0.15, 0.2) is 42.6 Å². The number of aryl methyl sites for hydroxylation is 1. The number of alkyl halides is 3. The minimum absolute atomic E-state index is 0.0481. The smallest absolute Gasteiger partial charge is 0.433 e. The number of nitrogens with zero attached hydrogens (tertiary/aromatic N) is 6. The topological polar surface area (TPSA) is 116 Å².